The summed E-state index contributed by atoms with van der Waals surface area (Å²) in [4.78, 5) is 26.0. The molecule has 1 aliphatic rings. The molecule has 2 aromatic carbocycles. The van der Waals surface area contributed by atoms with Crippen molar-refractivity contribution in [3.8, 4) is 0 Å². The van der Waals surface area contributed by atoms with Crippen molar-refractivity contribution in [3.63, 3.8) is 0 Å². The van der Waals surface area contributed by atoms with Gasteiger partial charge in [-0.25, -0.2) is 0 Å². The molecular formula is C16H13ClN2O2. The molecule has 0 fully saturated rings. The minimum Gasteiger partial charge on any atom is -0.323 e. The van der Waals surface area contributed by atoms with Gasteiger partial charge in [0.2, 0.25) is 5.91 Å². The number of rotatable bonds is 1. The van der Waals surface area contributed by atoms with Gasteiger partial charge in [0, 0.05) is 10.6 Å². The molecule has 0 bridgehead atoms. The highest BCUT2D eigenvalue weighted by Crippen LogP contribution is 2.31. The molecule has 5 heteroatoms. The van der Waals surface area contributed by atoms with E-state index in [1.165, 1.54) is 4.90 Å². The van der Waals surface area contributed by atoms with Crippen LogP contribution in [0.25, 0.3) is 0 Å². The number of carbonyl (C=O) groups excluding carboxylic acids is 2. The second kappa shape index (κ2) is 5.22. The summed E-state index contributed by atoms with van der Waals surface area (Å²) in [5.74, 6) is -0.431. The van der Waals surface area contributed by atoms with Gasteiger partial charge in [-0.3, -0.25) is 14.5 Å². The van der Waals surface area contributed by atoms with Crippen molar-refractivity contribution in [2.45, 2.75) is 6.92 Å². The Morgan fingerprint density at radius 1 is 1.19 bits per heavy atom. The van der Waals surface area contributed by atoms with Crippen LogP contribution in [0.15, 0.2) is 42.5 Å². The molecule has 0 spiro atoms. The summed E-state index contributed by atoms with van der Waals surface area (Å²) in [6, 6.07) is 12.4. The first-order valence-corrected chi connectivity index (χ1v) is 6.91. The van der Waals surface area contributed by atoms with Gasteiger partial charge in [0.1, 0.15) is 6.54 Å². The Hall–Kier alpha value is -2.33. The molecule has 0 atom stereocenters. The fourth-order valence-corrected chi connectivity index (χ4v) is 2.57. The van der Waals surface area contributed by atoms with Crippen LogP contribution in [0.1, 0.15) is 15.9 Å². The van der Waals surface area contributed by atoms with E-state index in [1.54, 1.807) is 31.2 Å². The molecule has 106 valence electrons. The van der Waals surface area contributed by atoms with Crippen molar-refractivity contribution in [2.75, 3.05) is 16.8 Å². The zero-order chi connectivity index (χ0) is 15.0. The summed E-state index contributed by atoms with van der Waals surface area (Å²) < 4.78 is 0. The number of nitrogens with one attached hydrogen (secondary N) is 1. The van der Waals surface area contributed by atoms with Crippen LogP contribution < -0.4 is 10.2 Å². The third-order valence-corrected chi connectivity index (χ3v) is 3.92. The first-order chi connectivity index (χ1) is 10.1. The largest absolute Gasteiger partial charge is 0.323 e. The summed E-state index contributed by atoms with van der Waals surface area (Å²) in [7, 11) is 0. The smallest absolute Gasteiger partial charge is 0.259 e. The molecule has 2 amide bonds. The van der Waals surface area contributed by atoms with E-state index in [0.29, 0.717) is 27.5 Å². The summed E-state index contributed by atoms with van der Waals surface area (Å²) in [6.45, 7) is 1.80. The Morgan fingerprint density at radius 2 is 1.95 bits per heavy atom. The minimum absolute atomic E-state index is 0.00179. The molecule has 0 radical (unpaired) electrons. The van der Waals surface area contributed by atoms with E-state index >= 15 is 0 Å². The molecule has 0 unspecified atom stereocenters. The molecule has 1 heterocycles. The van der Waals surface area contributed by atoms with Crippen LogP contribution >= 0.6 is 11.6 Å². The van der Waals surface area contributed by atoms with E-state index in [1.807, 2.05) is 18.2 Å². The molecule has 2 aromatic rings. The van der Waals surface area contributed by atoms with Crippen molar-refractivity contribution >= 4 is 34.8 Å². The highest BCUT2D eigenvalue weighted by atomic mass is 35.5. The van der Waals surface area contributed by atoms with Crippen molar-refractivity contribution in [3.05, 3.63) is 58.6 Å². The first kappa shape index (κ1) is 13.6. The second-order valence-corrected chi connectivity index (χ2v) is 5.28. The lowest BCUT2D eigenvalue weighted by atomic mass is 10.1. The lowest BCUT2D eigenvalue weighted by molar-refractivity contribution is -0.115. The first-order valence-electron chi connectivity index (χ1n) is 6.54. The Morgan fingerprint density at radius 3 is 2.76 bits per heavy atom. The normalized spacial score (nSPS) is 13.6. The van der Waals surface area contributed by atoms with Crippen LogP contribution in [0.3, 0.4) is 0 Å². The number of fused-ring (bicyclic) bond motifs is 1. The molecular weight excluding hydrogens is 288 g/mol. The van der Waals surface area contributed by atoms with Crippen LogP contribution in [0.4, 0.5) is 11.4 Å². The highest BCUT2D eigenvalue weighted by Gasteiger charge is 2.28. The summed E-state index contributed by atoms with van der Waals surface area (Å²) in [5.41, 5.74) is 2.56. The van der Waals surface area contributed by atoms with Gasteiger partial charge in [0.25, 0.3) is 5.91 Å². The number of hydrogen-bond donors (Lipinski definition) is 1. The second-order valence-electron chi connectivity index (χ2n) is 4.87. The number of benzene rings is 2. The van der Waals surface area contributed by atoms with Crippen LogP contribution in [0, 0.1) is 6.92 Å². The molecule has 0 saturated heterocycles. The van der Waals surface area contributed by atoms with Gasteiger partial charge >= 0.3 is 0 Å². The Labute approximate surface area is 127 Å². The van der Waals surface area contributed by atoms with Crippen LogP contribution in [-0.2, 0) is 4.79 Å². The Kier molecular flexibility index (Phi) is 3.39. The van der Waals surface area contributed by atoms with E-state index in [4.69, 9.17) is 11.6 Å². The van der Waals surface area contributed by atoms with Crippen LogP contribution in [-0.4, -0.2) is 18.4 Å². The molecule has 0 saturated carbocycles. The lowest BCUT2D eigenvalue weighted by Gasteiger charge is -2.29. The number of para-hydroxylation sites is 2. The standard InChI is InChI=1S/C16H13ClN2O2/c1-10-11(5-4-6-12(10)17)16(21)19-9-15(20)18-13-7-2-3-8-14(13)19/h2-8H,9H2,1H3,(H,18,20). The number of carbonyl (C=O) groups is 2. The van der Waals surface area contributed by atoms with Gasteiger partial charge in [-0.2, -0.15) is 0 Å². The summed E-state index contributed by atoms with van der Waals surface area (Å²) in [5, 5.41) is 3.30. The number of nitrogens with zero attached hydrogens (tertiary/aromatic N) is 1. The zero-order valence-corrected chi connectivity index (χ0v) is 12.1. The minimum atomic E-state index is -0.225. The maximum absolute atomic E-state index is 12.8. The molecule has 21 heavy (non-hydrogen) atoms. The third-order valence-electron chi connectivity index (χ3n) is 3.51. The van der Waals surface area contributed by atoms with E-state index in [0.717, 1.165) is 0 Å². The number of halogens is 1. The summed E-state index contributed by atoms with van der Waals surface area (Å²) in [6.07, 6.45) is 0. The average Bonchev–Trinajstić information content (AvgIpc) is 2.48. The third kappa shape index (κ3) is 2.38. The summed E-state index contributed by atoms with van der Waals surface area (Å²) >= 11 is 6.08. The number of anilines is 2. The monoisotopic (exact) mass is 300 g/mol. The van der Waals surface area contributed by atoms with Crippen molar-refractivity contribution < 1.29 is 9.59 Å². The van der Waals surface area contributed by atoms with Gasteiger partial charge in [-0.1, -0.05) is 29.8 Å². The predicted molar refractivity (Wildman–Crippen MR) is 82.9 cm³/mol. The number of hydrogen-bond acceptors (Lipinski definition) is 2. The van der Waals surface area contributed by atoms with Gasteiger partial charge < -0.3 is 5.32 Å². The van der Waals surface area contributed by atoms with Crippen molar-refractivity contribution in [1.82, 2.24) is 0 Å². The quantitative estimate of drug-likeness (QED) is 0.879. The van der Waals surface area contributed by atoms with E-state index in [9.17, 15) is 9.59 Å². The van der Waals surface area contributed by atoms with Gasteiger partial charge in [-0.15, -0.1) is 0 Å². The zero-order valence-electron chi connectivity index (χ0n) is 11.4. The predicted octanol–water partition coefficient (Wildman–Crippen LogP) is 3.25. The molecule has 1 aliphatic heterocycles. The average molecular weight is 301 g/mol. The van der Waals surface area contributed by atoms with Gasteiger partial charge in [-0.05, 0) is 36.8 Å². The topological polar surface area (TPSA) is 49.4 Å². The Balaban J connectivity index is 2.06. The molecule has 4 nitrogen and oxygen atoms in total. The maximum atomic E-state index is 12.8. The van der Waals surface area contributed by atoms with Crippen molar-refractivity contribution in [1.29, 1.82) is 0 Å². The van der Waals surface area contributed by atoms with E-state index in [2.05, 4.69) is 5.32 Å². The molecule has 3 rings (SSSR count). The maximum Gasteiger partial charge on any atom is 0.259 e. The van der Waals surface area contributed by atoms with E-state index in [-0.39, 0.29) is 18.4 Å². The number of amides is 2. The van der Waals surface area contributed by atoms with Crippen molar-refractivity contribution in [2.24, 2.45) is 0 Å². The molecule has 0 aliphatic carbocycles. The molecule has 1 N–H and O–H groups in total. The lowest BCUT2D eigenvalue weighted by Crippen LogP contribution is -2.42. The molecule has 0 aromatic heterocycles. The SMILES string of the molecule is Cc1c(Cl)cccc1C(=O)N1CC(=O)Nc2ccccc21. The van der Waals surface area contributed by atoms with Gasteiger partial charge in [0.05, 0.1) is 11.4 Å². The van der Waals surface area contributed by atoms with Crippen LogP contribution in [0.5, 0.6) is 0 Å². The fraction of sp³-hybridized carbons (Fsp3) is 0.125. The van der Waals surface area contributed by atoms with Crippen LogP contribution in [0.2, 0.25) is 5.02 Å². The fourth-order valence-electron chi connectivity index (χ4n) is 2.40. The van der Waals surface area contributed by atoms with Gasteiger partial charge in [0.15, 0.2) is 0 Å². The highest BCUT2D eigenvalue weighted by molar-refractivity contribution is 6.32. The Bertz CT molecular complexity index is 743. The van der Waals surface area contributed by atoms with E-state index < -0.39 is 0 Å².